The fourth-order valence-electron chi connectivity index (χ4n) is 2.41. The number of benzene rings is 1. The van der Waals surface area contributed by atoms with Gasteiger partial charge in [-0.3, -0.25) is 0 Å². The van der Waals surface area contributed by atoms with Crippen LogP contribution in [0, 0.1) is 0 Å². The van der Waals surface area contributed by atoms with Crippen LogP contribution in [0.1, 0.15) is 0 Å². The predicted octanol–water partition coefficient (Wildman–Crippen LogP) is 2.07. The first-order valence-electron chi connectivity index (χ1n) is 7.43. The molecule has 2 heterocycles. The first kappa shape index (κ1) is 15.4. The molecule has 0 unspecified atom stereocenters. The molecule has 122 valence electrons. The van der Waals surface area contributed by atoms with Crippen LogP contribution in [0.4, 0.5) is 17.3 Å². The zero-order valence-corrected chi connectivity index (χ0v) is 13.3. The van der Waals surface area contributed by atoms with Crippen LogP contribution in [-0.4, -0.2) is 50.5 Å². The molecule has 7 nitrogen and oxygen atoms in total. The highest BCUT2D eigenvalue weighted by Gasteiger charge is 2.13. The summed E-state index contributed by atoms with van der Waals surface area (Å²) in [6.07, 6.45) is 1.56. The number of morpholine rings is 1. The van der Waals surface area contributed by atoms with Gasteiger partial charge in [-0.05, 0) is 0 Å². The van der Waals surface area contributed by atoms with Crippen LogP contribution in [0.3, 0.4) is 0 Å². The normalized spacial score (nSPS) is 14.4. The highest BCUT2D eigenvalue weighted by Crippen LogP contribution is 2.28. The fourth-order valence-corrected chi connectivity index (χ4v) is 2.41. The number of rotatable bonds is 5. The Morgan fingerprint density at radius 3 is 2.35 bits per heavy atom. The lowest BCUT2D eigenvalue weighted by atomic mass is 10.2. The summed E-state index contributed by atoms with van der Waals surface area (Å²) in [5.41, 5.74) is 0.841. The maximum absolute atomic E-state index is 5.37. The van der Waals surface area contributed by atoms with Gasteiger partial charge in [-0.25, -0.2) is 9.97 Å². The standard InChI is InChI=1S/C16H20N4O3/c1-21-13-7-12(8-14(9-13)22-2)19-15-10-16(18-11-17-15)20-3-5-23-6-4-20/h7-11H,3-6H2,1-2H3,(H,17,18,19). The van der Waals surface area contributed by atoms with Gasteiger partial charge in [-0.1, -0.05) is 0 Å². The van der Waals surface area contributed by atoms with Crippen molar-refractivity contribution in [3.63, 3.8) is 0 Å². The highest BCUT2D eigenvalue weighted by atomic mass is 16.5. The van der Waals surface area contributed by atoms with E-state index < -0.39 is 0 Å². The molecule has 0 atom stereocenters. The Kier molecular flexibility index (Phi) is 4.77. The SMILES string of the molecule is COc1cc(Nc2cc(N3CCOCC3)ncn2)cc(OC)c1. The van der Waals surface area contributed by atoms with Gasteiger partial charge < -0.3 is 24.4 Å². The molecular formula is C16H20N4O3. The molecular weight excluding hydrogens is 296 g/mol. The average Bonchev–Trinajstić information content (AvgIpc) is 2.62. The third kappa shape index (κ3) is 3.81. The summed E-state index contributed by atoms with van der Waals surface area (Å²) in [6.45, 7) is 3.12. The zero-order chi connectivity index (χ0) is 16.1. The minimum atomic E-state index is 0.717. The topological polar surface area (TPSA) is 68.7 Å². The second kappa shape index (κ2) is 7.15. The molecule has 23 heavy (non-hydrogen) atoms. The maximum Gasteiger partial charge on any atom is 0.135 e. The van der Waals surface area contributed by atoms with E-state index in [1.54, 1.807) is 20.5 Å². The second-order valence-corrected chi connectivity index (χ2v) is 5.09. The Bertz CT molecular complexity index is 637. The number of nitrogens with zero attached hydrogens (tertiary/aromatic N) is 3. The summed E-state index contributed by atoms with van der Waals surface area (Å²) in [5, 5.41) is 3.26. The second-order valence-electron chi connectivity index (χ2n) is 5.09. The molecule has 3 rings (SSSR count). The summed E-state index contributed by atoms with van der Waals surface area (Å²) < 4.78 is 15.9. The molecule has 0 spiro atoms. The van der Waals surface area contributed by atoms with Crippen molar-refractivity contribution in [2.45, 2.75) is 0 Å². The summed E-state index contributed by atoms with van der Waals surface area (Å²) in [6, 6.07) is 7.53. The van der Waals surface area contributed by atoms with Crippen LogP contribution in [-0.2, 0) is 4.74 Å². The lowest BCUT2D eigenvalue weighted by Gasteiger charge is -2.27. The number of anilines is 3. The molecule has 0 bridgehead atoms. The molecule has 0 aliphatic carbocycles. The van der Waals surface area contributed by atoms with Gasteiger partial charge >= 0.3 is 0 Å². The molecule has 0 saturated carbocycles. The summed E-state index contributed by atoms with van der Waals surface area (Å²) >= 11 is 0. The summed E-state index contributed by atoms with van der Waals surface area (Å²) in [7, 11) is 3.25. The fraction of sp³-hybridized carbons (Fsp3) is 0.375. The van der Waals surface area contributed by atoms with Crippen LogP contribution < -0.4 is 19.7 Å². The van der Waals surface area contributed by atoms with E-state index in [2.05, 4.69) is 20.2 Å². The van der Waals surface area contributed by atoms with Gasteiger partial charge in [0.2, 0.25) is 0 Å². The number of aromatic nitrogens is 2. The molecule has 1 N–H and O–H groups in total. The summed E-state index contributed by atoms with van der Waals surface area (Å²) in [5.74, 6) is 3.04. The van der Waals surface area contributed by atoms with Crippen LogP contribution in [0.5, 0.6) is 11.5 Å². The van der Waals surface area contributed by atoms with E-state index in [4.69, 9.17) is 14.2 Å². The number of hydrogen-bond donors (Lipinski definition) is 1. The molecule has 1 fully saturated rings. The van der Waals surface area contributed by atoms with Gasteiger partial charge in [0.05, 0.1) is 27.4 Å². The number of nitrogens with one attached hydrogen (secondary N) is 1. The van der Waals surface area contributed by atoms with Gasteiger partial charge in [0.1, 0.15) is 29.5 Å². The third-order valence-corrected chi connectivity index (χ3v) is 3.61. The average molecular weight is 316 g/mol. The van der Waals surface area contributed by atoms with E-state index in [1.807, 2.05) is 24.3 Å². The number of ether oxygens (including phenoxy) is 3. The van der Waals surface area contributed by atoms with Crippen LogP contribution in [0.2, 0.25) is 0 Å². The smallest absolute Gasteiger partial charge is 0.135 e. The summed E-state index contributed by atoms with van der Waals surface area (Å²) in [4.78, 5) is 10.8. The van der Waals surface area contributed by atoms with Gasteiger partial charge in [-0.15, -0.1) is 0 Å². The predicted molar refractivity (Wildman–Crippen MR) is 87.9 cm³/mol. The van der Waals surface area contributed by atoms with E-state index >= 15 is 0 Å². The molecule has 1 saturated heterocycles. The van der Waals surface area contributed by atoms with Crippen molar-refractivity contribution in [3.8, 4) is 11.5 Å². The third-order valence-electron chi connectivity index (χ3n) is 3.61. The molecule has 0 radical (unpaired) electrons. The molecule has 7 heteroatoms. The Hall–Kier alpha value is -2.54. The van der Waals surface area contributed by atoms with E-state index in [9.17, 15) is 0 Å². The quantitative estimate of drug-likeness (QED) is 0.905. The van der Waals surface area contributed by atoms with Gasteiger partial charge in [-0.2, -0.15) is 0 Å². The largest absolute Gasteiger partial charge is 0.497 e. The Labute approximate surface area is 135 Å². The van der Waals surface area contributed by atoms with Gasteiger partial charge in [0.25, 0.3) is 0 Å². The Morgan fingerprint density at radius 1 is 1.00 bits per heavy atom. The van der Waals surface area contributed by atoms with Crippen molar-refractivity contribution in [1.82, 2.24) is 9.97 Å². The van der Waals surface area contributed by atoms with Crippen LogP contribution in [0.25, 0.3) is 0 Å². The van der Waals surface area contributed by atoms with E-state index in [1.165, 1.54) is 0 Å². The number of methoxy groups -OCH3 is 2. The van der Waals surface area contributed by atoms with Crippen molar-refractivity contribution in [2.75, 3.05) is 50.7 Å². The van der Waals surface area contributed by atoms with Crippen molar-refractivity contribution < 1.29 is 14.2 Å². The van der Waals surface area contributed by atoms with Crippen molar-refractivity contribution in [1.29, 1.82) is 0 Å². The first-order valence-corrected chi connectivity index (χ1v) is 7.43. The molecule has 1 aliphatic rings. The Balaban J connectivity index is 1.80. The maximum atomic E-state index is 5.37. The minimum Gasteiger partial charge on any atom is -0.497 e. The van der Waals surface area contributed by atoms with Gasteiger partial charge in [0, 0.05) is 43.0 Å². The molecule has 1 aliphatic heterocycles. The molecule has 1 aromatic heterocycles. The van der Waals surface area contributed by atoms with E-state index in [-0.39, 0.29) is 0 Å². The lowest BCUT2D eigenvalue weighted by Crippen LogP contribution is -2.36. The highest BCUT2D eigenvalue weighted by molar-refractivity contribution is 5.63. The monoisotopic (exact) mass is 316 g/mol. The molecule has 2 aromatic rings. The van der Waals surface area contributed by atoms with Crippen LogP contribution in [0.15, 0.2) is 30.6 Å². The minimum absolute atomic E-state index is 0.717. The molecule has 0 amide bonds. The van der Waals surface area contributed by atoms with E-state index in [0.29, 0.717) is 11.5 Å². The van der Waals surface area contributed by atoms with Gasteiger partial charge in [0.15, 0.2) is 0 Å². The van der Waals surface area contributed by atoms with E-state index in [0.717, 1.165) is 43.6 Å². The molecule has 1 aromatic carbocycles. The first-order chi connectivity index (χ1) is 11.3. The van der Waals surface area contributed by atoms with Crippen molar-refractivity contribution in [2.24, 2.45) is 0 Å². The van der Waals surface area contributed by atoms with Crippen molar-refractivity contribution >= 4 is 17.3 Å². The zero-order valence-electron chi connectivity index (χ0n) is 13.3. The van der Waals surface area contributed by atoms with Crippen LogP contribution >= 0.6 is 0 Å². The number of hydrogen-bond acceptors (Lipinski definition) is 7. The van der Waals surface area contributed by atoms with Crippen molar-refractivity contribution in [3.05, 3.63) is 30.6 Å². The Morgan fingerprint density at radius 2 is 1.70 bits per heavy atom. The lowest BCUT2D eigenvalue weighted by molar-refractivity contribution is 0.122.